The number of aromatic nitrogens is 3. The number of halogens is 1. The van der Waals surface area contributed by atoms with Gasteiger partial charge < -0.3 is 20.3 Å². The van der Waals surface area contributed by atoms with E-state index in [9.17, 15) is 19.3 Å². The number of hydrogen-bond donors (Lipinski definition) is 1. The fourth-order valence-electron chi connectivity index (χ4n) is 3.85. The zero-order valence-corrected chi connectivity index (χ0v) is 19.7. The summed E-state index contributed by atoms with van der Waals surface area (Å²) in [7, 11) is 0. The van der Waals surface area contributed by atoms with E-state index in [1.54, 1.807) is 23.1 Å². The van der Waals surface area contributed by atoms with Crippen LogP contribution in [0.4, 0.5) is 21.8 Å². The summed E-state index contributed by atoms with van der Waals surface area (Å²) in [5.41, 5.74) is 7.22. The van der Waals surface area contributed by atoms with Crippen LogP contribution in [0, 0.1) is 15.9 Å². The highest BCUT2D eigenvalue weighted by Crippen LogP contribution is 2.34. The number of benzene rings is 2. The number of anilines is 2. The van der Waals surface area contributed by atoms with Crippen molar-refractivity contribution in [3.63, 3.8) is 0 Å². The Morgan fingerprint density at radius 1 is 1.11 bits per heavy atom. The minimum atomic E-state index is -0.518. The van der Waals surface area contributed by atoms with Crippen molar-refractivity contribution in [3.8, 4) is 16.3 Å². The monoisotopic (exact) mass is 509 g/mol. The maximum absolute atomic E-state index is 13.3. The molecule has 5 rings (SSSR count). The van der Waals surface area contributed by atoms with Gasteiger partial charge in [-0.3, -0.25) is 14.9 Å². The van der Waals surface area contributed by atoms with Crippen LogP contribution in [-0.2, 0) is 4.79 Å². The Morgan fingerprint density at radius 2 is 1.86 bits per heavy atom. The smallest absolute Gasteiger partial charge is 0.273 e. The van der Waals surface area contributed by atoms with Crippen LogP contribution in [0.1, 0.15) is 0 Å². The molecule has 0 aliphatic carbocycles. The van der Waals surface area contributed by atoms with E-state index in [1.165, 1.54) is 41.7 Å². The highest BCUT2D eigenvalue weighted by atomic mass is 32.1. The number of rotatable bonds is 6. The van der Waals surface area contributed by atoms with Crippen LogP contribution in [0.2, 0.25) is 0 Å². The Labute approximate surface area is 208 Å². The first-order valence-electron chi connectivity index (χ1n) is 11.0. The Morgan fingerprint density at radius 3 is 2.58 bits per heavy atom. The number of nitrogens with zero attached hydrogens (tertiary/aromatic N) is 6. The normalized spacial score (nSPS) is 13.7. The molecule has 0 spiro atoms. The van der Waals surface area contributed by atoms with Crippen LogP contribution in [0.5, 0.6) is 5.75 Å². The summed E-state index contributed by atoms with van der Waals surface area (Å²) >= 11 is 1.35. The molecule has 1 fully saturated rings. The average molecular weight is 510 g/mol. The first-order chi connectivity index (χ1) is 17.4. The van der Waals surface area contributed by atoms with Crippen molar-refractivity contribution in [3.05, 3.63) is 64.5 Å². The maximum Gasteiger partial charge on any atom is 0.273 e. The molecule has 0 radical (unpaired) electrons. The number of piperazine rings is 1. The van der Waals surface area contributed by atoms with E-state index in [2.05, 4.69) is 9.97 Å². The lowest BCUT2D eigenvalue weighted by Crippen LogP contribution is -2.50. The second-order valence-electron chi connectivity index (χ2n) is 8.00. The molecule has 2 aromatic carbocycles. The Balaban J connectivity index is 1.26. The van der Waals surface area contributed by atoms with Gasteiger partial charge in [-0.2, -0.15) is 4.98 Å². The van der Waals surface area contributed by atoms with Gasteiger partial charge in [-0.25, -0.2) is 14.4 Å². The molecule has 1 aliphatic heterocycles. The van der Waals surface area contributed by atoms with Crippen LogP contribution in [0.15, 0.2) is 48.5 Å². The van der Waals surface area contributed by atoms with Crippen molar-refractivity contribution in [1.29, 1.82) is 0 Å². The summed E-state index contributed by atoms with van der Waals surface area (Å²) in [5, 5.41) is 11.6. The van der Waals surface area contributed by atoms with E-state index in [0.717, 1.165) is 5.56 Å². The molecule has 3 heterocycles. The van der Waals surface area contributed by atoms with Gasteiger partial charge >= 0.3 is 0 Å². The lowest BCUT2D eigenvalue weighted by Gasteiger charge is -2.35. The second kappa shape index (κ2) is 9.70. The van der Waals surface area contributed by atoms with Crippen LogP contribution < -0.4 is 15.4 Å². The Kier molecular flexibility index (Phi) is 6.29. The summed E-state index contributed by atoms with van der Waals surface area (Å²) in [5.74, 6) is 0.418. The summed E-state index contributed by atoms with van der Waals surface area (Å²) in [4.78, 5) is 40.7. The minimum Gasteiger partial charge on any atom is -0.484 e. The van der Waals surface area contributed by atoms with Crippen molar-refractivity contribution < 1.29 is 18.8 Å². The van der Waals surface area contributed by atoms with Crippen molar-refractivity contribution in [2.75, 3.05) is 43.4 Å². The van der Waals surface area contributed by atoms with E-state index < -0.39 is 4.92 Å². The molecule has 2 aromatic heterocycles. The second-order valence-corrected chi connectivity index (χ2v) is 8.97. The van der Waals surface area contributed by atoms with E-state index in [1.807, 2.05) is 4.90 Å². The fraction of sp³-hybridized carbons (Fsp3) is 0.217. The lowest BCUT2D eigenvalue weighted by molar-refractivity contribution is -0.384. The van der Waals surface area contributed by atoms with E-state index >= 15 is 0 Å². The third kappa shape index (κ3) is 4.86. The molecule has 0 bridgehead atoms. The van der Waals surface area contributed by atoms with Crippen molar-refractivity contribution in [2.45, 2.75) is 0 Å². The number of fused-ring (bicyclic) bond motifs is 1. The zero-order valence-electron chi connectivity index (χ0n) is 18.8. The van der Waals surface area contributed by atoms with Gasteiger partial charge in [0.2, 0.25) is 5.95 Å². The number of non-ortho nitro benzene ring substituents is 1. The molecule has 4 aromatic rings. The zero-order chi connectivity index (χ0) is 25.2. The number of nitrogen functional groups attached to an aromatic ring is 1. The number of carbonyl (C=O) groups excluding carboxylic acids is 1. The third-order valence-corrected chi connectivity index (χ3v) is 6.67. The van der Waals surface area contributed by atoms with Crippen molar-refractivity contribution in [1.82, 2.24) is 19.9 Å². The molecular formula is C23H20FN7O4S. The topological polar surface area (TPSA) is 141 Å². The van der Waals surface area contributed by atoms with Gasteiger partial charge in [0.05, 0.1) is 11.0 Å². The summed E-state index contributed by atoms with van der Waals surface area (Å²) < 4.78 is 18.8. The van der Waals surface area contributed by atoms with Crippen LogP contribution >= 0.6 is 11.3 Å². The first kappa shape index (κ1) is 23.4. The highest BCUT2D eigenvalue weighted by Gasteiger charge is 2.25. The predicted octanol–water partition coefficient (Wildman–Crippen LogP) is 3.11. The summed E-state index contributed by atoms with van der Waals surface area (Å²) in [6.45, 7) is 1.63. The number of thiazole rings is 1. The number of nitrogens with two attached hydrogens (primary N) is 1. The van der Waals surface area contributed by atoms with Crippen LogP contribution in [0.3, 0.4) is 0 Å². The molecule has 11 nitrogen and oxygen atoms in total. The number of ether oxygens (including phenoxy) is 1. The number of carbonyl (C=O) groups is 1. The molecule has 1 aliphatic rings. The number of hydrogen-bond acceptors (Lipinski definition) is 10. The van der Waals surface area contributed by atoms with E-state index in [0.29, 0.717) is 47.4 Å². The standard InChI is InChI=1S/C23H20FN7O4S/c24-15-6-4-14(5-7-15)21-26-19-20(27-23(25)28-22(19)36-21)30-10-8-29(9-11-30)18(32)13-35-17-3-1-2-16(12-17)31(33)34/h1-7,12H,8-11,13H2,(H2,25,27,28). The Hall–Kier alpha value is -4.39. The van der Waals surface area contributed by atoms with Crippen LogP contribution in [0.25, 0.3) is 20.9 Å². The molecule has 0 atom stereocenters. The minimum absolute atomic E-state index is 0.103. The van der Waals surface area contributed by atoms with Crippen molar-refractivity contribution >= 4 is 45.0 Å². The SMILES string of the molecule is Nc1nc(N2CCN(C(=O)COc3cccc([N+](=O)[O-])c3)CC2)c2nc(-c3ccc(F)cc3)sc2n1. The lowest BCUT2D eigenvalue weighted by atomic mass is 10.2. The highest BCUT2D eigenvalue weighted by molar-refractivity contribution is 7.21. The molecule has 2 N–H and O–H groups in total. The molecule has 36 heavy (non-hydrogen) atoms. The molecule has 13 heteroatoms. The molecular weight excluding hydrogens is 489 g/mol. The third-order valence-electron chi connectivity index (χ3n) is 5.67. The number of amides is 1. The van der Waals surface area contributed by atoms with Gasteiger partial charge in [0.1, 0.15) is 22.1 Å². The first-order valence-corrected chi connectivity index (χ1v) is 11.8. The molecule has 184 valence electrons. The van der Waals surface area contributed by atoms with Gasteiger partial charge in [0.15, 0.2) is 17.3 Å². The summed E-state index contributed by atoms with van der Waals surface area (Å²) in [6.07, 6.45) is 0. The molecule has 1 amide bonds. The van der Waals surface area contributed by atoms with Gasteiger partial charge in [0, 0.05) is 37.8 Å². The number of nitro benzene ring substituents is 1. The fourth-order valence-corrected chi connectivity index (χ4v) is 4.80. The average Bonchev–Trinajstić information content (AvgIpc) is 3.31. The number of nitro groups is 1. The van der Waals surface area contributed by atoms with Gasteiger partial charge in [-0.05, 0) is 30.3 Å². The maximum atomic E-state index is 13.3. The quantitative estimate of drug-likeness (QED) is 0.307. The molecule has 1 saturated heterocycles. The summed E-state index contributed by atoms with van der Waals surface area (Å²) in [6, 6.07) is 11.8. The molecule has 0 unspecified atom stereocenters. The Bertz CT molecular complexity index is 1440. The van der Waals surface area contributed by atoms with Gasteiger partial charge in [0.25, 0.3) is 11.6 Å². The predicted molar refractivity (Wildman–Crippen MR) is 132 cm³/mol. The van der Waals surface area contributed by atoms with E-state index in [4.69, 9.17) is 15.5 Å². The molecule has 0 saturated carbocycles. The van der Waals surface area contributed by atoms with E-state index in [-0.39, 0.29) is 35.7 Å². The van der Waals surface area contributed by atoms with Crippen molar-refractivity contribution in [2.24, 2.45) is 0 Å². The van der Waals surface area contributed by atoms with Crippen LogP contribution in [-0.4, -0.2) is 63.5 Å². The largest absolute Gasteiger partial charge is 0.484 e. The van der Waals surface area contributed by atoms with Gasteiger partial charge in [-0.15, -0.1) is 0 Å². The van der Waals surface area contributed by atoms with Gasteiger partial charge in [-0.1, -0.05) is 17.4 Å².